The molecule has 2 aliphatic heterocycles. The maximum absolute atomic E-state index is 12.1. The van der Waals surface area contributed by atoms with E-state index in [9.17, 15) is 4.79 Å². The summed E-state index contributed by atoms with van der Waals surface area (Å²) in [4.78, 5) is 20.6. The zero-order valence-electron chi connectivity index (χ0n) is 14.0. The average molecular weight is 335 g/mol. The van der Waals surface area contributed by atoms with Crippen molar-refractivity contribution in [1.82, 2.24) is 14.8 Å². The van der Waals surface area contributed by atoms with Gasteiger partial charge in [0.1, 0.15) is 6.10 Å². The van der Waals surface area contributed by atoms with Crippen LogP contribution in [0.4, 0.5) is 4.79 Å². The molecule has 2 aliphatic rings. The van der Waals surface area contributed by atoms with Crippen molar-refractivity contribution in [2.75, 3.05) is 19.6 Å². The van der Waals surface area contributed by atoms with Crippen LogP contribution < -0.4 is 0 Å². The molecule has 1 aromatic heterocycles. The van der Waals surface area contributed by atoms with Crippen LogP contribution in [0.15, 0.2) is 60.8 Å². The van der Waals surface area contributed by atoms with Gasteiger partial charge in [0, 0.05) is 25.8 Å². The predicted octanol–water partition coefficient (Wildman–Crippen LogP) is 2.80. The van der Waals surface area contributed by atoms with E-state index in [1.165, 1.54) is 5.56 Å². The third-order valence-electron chi connectivity index (χ3n) is 4.73. The zero-order chi connectivity index (χ0) is 17.1. The van der Waals surface area contributed by atoms with Crippen LogP contribution in [0.3, 0.4) is 0 Å². The first-order valence-electron chi connectivity index (χ1n) is 8.61. The molecule has 2 atom stereocenters. The number of fused-ring (bicyclic) bond motifs is 1. The largest absolute Gasteiger partial charge is 0.442 e. The Kier molecular flexibility index (Phi) is 4.48. The first-order chi connectivity index (χ1) is 12.3. The molecule has 3 heterocycles. The van der Waals surface area contributed by atoms with Gasteiger partial charge in [0.25, 0.3) is 0 Å². The maximum Gasteiger partial charge on any atom is 0.410 e. The van der Waals surface area contributed by atoms with Crippen molar-refractivity contribution in [3.8, 4) is 0 Å². The van der Waals surface area contributed by atoms with Crippen LogP contribution in [0.1, 0.15) is 11.3 Å². The Labute approximate surface area is 147 Å². The lowest BCUT2D eigenvalue weighted by molar-refractivity contribution is 0.122. The number of ether oxygens (including phenoxy) is 1. The number of carbonyl (C=O) groups excluding carboxylic acids is 1. The number of nitrogens with zero attached hydrogens (tertiary/aromatic N) is 3. The third kappa shape index (κ3) is 3.56. The standard InChI is InChI=1S/C20H21N3O2/c24-20-23(13-17-10-4-5-11-21-17)18-14-22(15-19(18)25-20)12-6-9-16-7-2-1-3-8-16/h1-11,18-19H,12-15H2/b9-6+/t18-,19+/m0/s1. The number of pyridine rings is 1. The van der Waals surface area contributed by atoms with Crippen LogP contribution in [0.25, 0.3) is 6.08 Å². The lowest BCUT2D eigenvalue weighted by atomic mass is 10.2. The number of carbonyl (C=O) groups is 1. The van der Waals surface area contributed by atoms with Crippen molar-refractivity contribution >= 4 is 12.2 Å². The Bertz CT molecular complexity index is 748. The van der Waals surface area contributed by atoms with Crippen molar-refractivity contribution in [2.24, 2.45) is 0 Å². The summed E-state index contributed by atoms with van der Waals surface area (Å²) in [5, 5.41) is 0. The van der Waals surface area contributed by atoms with E-state index in [2.05, 4.69) is 34.2 Å². The molecule has 0 radical (unpaired) electrons. The molecular weight excluding hydrogens is 314 g/mol. The van der Waals surface area contributed by atoms with Crippen molar-refractivity contribution in [1.29, 1.82) is 0 Å². The summed E-state index contributed by atoms with van der Waals surface area (Å²) in [6.07, 6.45) is 5.79. The SMILES string of the molecule is O=C1O[C@@H]2CN(C/C=C/c3ccccc3)C[C@@H]2N1Cc1ccccn1. The number of rotatable bonds is 5. The van der Waals surface area contributed by atoms with Gasteiger partial charge in [-0.25, -0.2) is 4.79 Å². The van der Waals surface area contributed by atoms with Gasteiger partial charge in [-0.15, -0.1) is 0 Å². The van der Waals surface area contributed by atoms with Gasteiger partial charge in [-0.1, -0.05) is 48.6 Å². The minimum atomic E-state index is -0.222. The van der Waals surface area contributed by atoms with Crippen LogP contribution in [0, 0.1) is 0 Å². The summed E-state index contributed by atoms with van der Waals surface area (Å²) in [6, 6.07) is 16.1. The zero-order valence-corrected chi connectivity index (χ0v) is 14.0. The fraction of sp³-hybridized carbons (Fsp3) is 0.300. The molecule has 1 amide bonds. The van der Waals surface area contributed by atoms with E-state index < -0.39 is 0 Å². The molecule has 25 heavy (non-hydrogen) atoms. The molecule has 1 aromatic carbocycles. The lowest BCUT2D eigenvalue weighted by Crippen LogP contribution is -2.37. The topological polar surface area (TPSA) is 45.7 Å². The summed E-state index contributed by atoms with van der Waals surface area (Å²) in [6.45, 7) is 2.99. The quantitative estimate of drug-likeness (QED) is 0.843. The molecule has 2 aromatic rings. The molecule has 2 fully saturated rings. The number of amides is 1. The second-order valence-corrected chi connectivity index (χ2v) is 6.47. The summed E-state index contributed by atoms with van der Waals surface area (Å²) < 4.78 is 5.56. The molecule has 0 unspecified atom stereocenters. The van der Waals surface area contributed by atoms with E-state index in [1.807, 2.05) is 41.3 Å². The minimum Gasteiger partial charge on any atom is -0.442 e. The van der Waals surface area contributed by atoms with Crippen LogP contribution in [-0.2, 0) is 11.3 Å². The monoisotopic (exact) mass is 335 g/mol. The number of benzene rings is 1. The summed E-state index contributed by atoms with van der Waals surface area (Å²) >= 11 is 0. The highest BCUT2D eigenvalue weighted by atomic mass is 16.6. The van der Waals surface area contributed by atoms with Crippen LogP contribution in [-0.4, -0.2) is 52.7 Å². The molecule has 2 saturated heterocycles. The van der Waals surface area contributed by atoms with Gasteiger partial charge in [0.05, 0.1) is 18.3 Å². The Morgan fingerprint density at radius 2 is 1.96 bits per heavy atom. The molecule has 5 nitrogen and oxygen atoms in total. The molecule has 0 saturated carbocycles. The average Bonchev–Trinajstić information content (AvgIpc) is 3.15. The van der Waals surface area contributed by atoms with Crippen molar-refractivity contribution in [3.05, 3.63) is 72.1 Å². The Morgan fingerprint density at radius 1 is 1.12 bits per heavy atom. The van der Waals surface area contributed by atoms with E-state index in [-0.39, 0.29) is 18.2 Å². The highest BCUT2D eigenvalue weighted by molar-refractivity contribution is 5.71. The van der Waals surface area contributed by atoms with Gasteiger partial charge in [-0.05, 0) is 17.7 Å². The Hall–Kier alpha value is -2.66. The predicted molar refractivity (Wildman–Crippen MR) is 95.8 cm³/mol. The lowest BCUT2D eigenvalue weighted by Gasteiger charge is -2.21. The first-order valence-corrected chi connectivity index (χ1v) is 8.61. The highest BCUT2D eigenvalue weighted by Gasteiger charge is 2.47. The van der Waals surface area contributed by atoms with Crippen molar-refractivity contribution < 1.29 is 9.53 Å². The van der Waals surface area contributed by atoms with Gasteiger partial charge in [-0.2, -0.15) is 0 Å². The van der Waals surface area contributed by atoms with E-state index in [1.54, 1.807) is 6.20 Å². The van der Waals surface area contributed by atoms with Crippen LogP contribution in [0.2, 0.25) is 0 Å². The molecule has 5 heteroatoms. The fourth-order valence-electron chi connectivity index (χ4n) is 3.48. The van der Waals surface area contributed by atoms with Gasteiger partial charge in [-0.3, -0.25) is 14.8 Å². The normalized spacial score (nSPS) is 23.2. The molecule has 4 rings (SSSR count). The first kappa shape index (κ1) is 15.8. The number of hydrogen-bond donors (Lipinski definition) is 0. The molecule has 0 aliphatic carbocycles. The number of aromatic nitrogens is 1. The Balaban J connectivity index is 1.36. The second-order valence-electron chi connectivity index (χ2n) is 6.47. The minimum absolute atomic E-state index is 0.0404. The van der Waals surface area contributed by atoms with Crippen LogP contribution in [0.5, 0.6) is 0 Å². The van der Waals surface area contributed by atoms with Crippen LogP contribution >= 0.6 is 0 Å². The van der Waals surface area contributed by atoms with Gasteiger partial charge in [0.2, 0.25) is 0 Å². The van der Waals surface area contributed by atoms with Gasteiger partial charge < -0.3 is 4.74 Å². The van der Waals surface area contributed by atoms with E-state index >= 15 is 0 Å². The molecule has 0 spiro atoms. The summed E-state index contributed by atoms with van der Waals surface area (Å²) in [7, 11) is 0. The van der Waals surface area contributed by atoms with Gasteiger partial charge >= 0.3 is 6.09 Å². The fourth-order valence-corrected chi connectivity index (χ4v) is 3.48. The third-order valence-corrected chi connectivity index (χ3v) is 4.73. The van der Waals surface area contributed by atoms with Gasteiger partial charge in [0.15, 0.2) is 0 Å². The summed E-state index contributed by atoms with van der Waals surface area (Å²) in [5.41, 5.74) is 2.09. The molecule has 0 bridgehead atoms. The van der Waals surface area contributed by atoms with E-state index in [4.69, 9.17) is 4.74 Å². The summed E-state index contributed by atoms with van der Waals surface area (Å²) in [5.74, 6) is 0. The second kappa shape index (κ2) is 7.07. The maximum atomic E-state index is 12.1. The van der Waals surface area contributed by atoms with E-state index in [0.717, 1.165) is 25.3 Å². The highest BCUT2D eigenvalue weighted by Crippen LogP contribution is 2.28. The smallest absolute Gasteiger partial charge is 0.410 e. The van der Waals surface area contributed by atoms with Crippen molar-refractivity contribution in [2.45, 2.75) is 18.7 Å². The molecule has 0 N–H and O–H groups in total. The van der Waals surface area contributed by atoms with Crippen molar-refractivity contribution in [3.63, 3.8) is 0 Å². The van der Waals surface area contributed by atoms with E-state index in [0.29, 0.717) is 6.54 Å². The molecular formula is C20H21N3O2. The Morgan fingerprint density at radius 3 is 2.76 bits per heavy atom. The number of likely N-dealkylation sites (tertiary alicyclic amines) is 1. The number of hydrogen-bond acceptors (Lipinski definition) is 4. The molecule has 128 valence electrons.